The molecule has 2 heterocycles. The van der Waals surface area contributed by atoms with Crippen molar-refractivity contribution in [3.63, 3.8) is 0 Å². The van der Waals surface area contributed by atoms with Crippen LogP contribution >= 0.6 is 0 Å². The number of nitrogens with zero attached hydrogens (tertiary/aromatic N) is 3. The molecule has 0 aliphatic carbocycles. The molecule has 0 fully saturated rings. The molecule has 0 atom stereocenters. The van der Waals surface area contributed by atoms with Crippen LogP contribution in [0.3, 0.4) is 0 Å². The second kappa shape index (κ2) is 5.28. The van der Waals surface area contributed by atoms with Crippen molar-refractivity contribution >= 4 is 11.7 Å². The highest BCUT2D eigenvalue weighted by molar-refractivity contribution is 6.02. The van der Waals surface area contributed by atoms with Crippen molar-refractivity contribution in [2.45, 2.75) is 26.2 Å². The van der Waals surface area contributed by atoms with Crippen molar-refractivity contribution in [2.24, 2.45) is 14.1 Å². The highest BCUT2D eigenvalue weighted by Crippen LogP contribution is 2.24. The van der Waals surface area contributed by atoms with Crippen molar-refractivity contribution in [1.82, 2.24) is 14.3 Å². The summed E-state index contributed by atoms with van der Waals surface area (Å²) >= 11 is 0. The van der Waals surface area contributed by atoms with E-state index in [1.807, 2.05) is 20.8 Å². The maximum atomic E-state index is 12.2. The van der Waals surface area contributed by atoms with E-state index in [0.717, 1.165) is 15.2 Å². The zero-order valence-corrected chi connectivity index (χ0v) is 13.1. The van der Waals surface area contributed by atoms with Gasteiger partial charge in [0, 0.05) is 31.6 Å². The highest BCUT2D eigenvalue weighted by Gasteiger charge is 2.21. The number of aromatic nitrogens is 3. The quantitative estimate of drug-likeness (QED) is 0.877. The molecule has 0 aromatic carbocycles. The molecule has 1 N–H and O–H groups in total. The van der Waals surface area contributed by atoms with E-state index >= 15 is 0 Å². The summed E-state index contributed by atoms with van der Waals surface area (Å²) in [5, 5.41) is 6.28. The Morgan fingerprint density at radius 2 is 1.82 bits per heavy atom. The molecule has 118 valence electrons. The predicted octanol–water partition coefficient (Wildman–Crippen LogP) is 0.622. The van der Waals surface area contributed by atoms with Gasteiger partial charge in [0.2, 0.25) is 0 Å². The Labute approximate surface area is 126 Å². The molecule has 8 nitrogen and oxygen atoms in total. The van der Waals surface area contributed by atoms with Gasteiger partial charge in [0.05, 0.1) is 0 Å². The van der Waals surface area contributed by atoms with Crippen LogP contribution in [0.1, 0.15) is 37.0 Å². The van der Waals surface area contributed by atoms with Crippen LogP contribution in [0.25, 0.3) is 0 Å². The van der Waals surface area contributed by atoms with Crippen molar-refractivity contribution in [3.05, 3.63) is 44.4 Å². The number of carbonyl (C=O) groups excluding carboxylic acids is 1. The van der Waals surface area contributed by atoms with Gasteiger partial charge in [-0.25, -0.2) is 4.79 Å². The molecule has 0 aliphatic rings. The smallest absolute Gasteiger partial charge is 0.331 e. The Hall–Kier alpha value is -2.64. The molecule has 0 radical (unpaired) electrons. The van der Waals surface area contributed by atoms with Crippen LogP contribution < -0.4 is 16.6 Å². The number of nitrogens with one attached hydrogen (secondary N) is 1. The SMILES string of the molecule is Cn1c(C(=O)Nc2cc(C(C)(C)C)on2)cc(=O)n(C)c1=O. The summed E-state index contributed by atoms with van der Waals surface area (Å²) in [4.78, 5) is 35.7. The summed E-state index contributed by atoms with van der Waals surface area (Å²) in [7, 11) is 2.76. The van der Waals surface area contributed by atoms with Crippen LogP contribution in [0.5, 0.6) is 0 Å². The fourth-order valence-electron chi connectivity index (χ4n) is 1.82. The Balaban J connectivity index is 2.33. The van der Waals surface area contributed by atoms with Crippen LogP contribution in [0.15, 0.2) is 26.2 Å². The standard InChI is InChI=1S/C14H18N4O4/c1-14(2,3)9-7-10(16-22-9)15-12(20)8-6-11(19)18(5)13(21)17(8)4/h6-7H,1-5H3,(H,15,16,20). The molecule has 2 aromatic heterocycles. The van der Waals surface area contributed by atoms with E-state index in [9.17, 15) is 14.4 Å². The number of hydrogen-bond acceptors (Lipinski definition) is 5. The normalized spacial score (nSPS) is 11.5. The summed E-state index contributed by atoms with van der Waals surface area (Å²) in [5.74, 6) is 0.231. The first-order valence-corrected chi connectivity index (χ1v) is 6.67. The third-order valence-electron chi connectivity index (χ3n) is 3.25. The van der Waals surface area contributed by atoms with Crippen molar-refractivity contribution in [1.29, 1.82) is 0 Å². The van der Waals surface area contributed by atoms with Gasteiger partial charge in [-0.3, -0.25) is 18.7 Å². The van der Waals surface area contributed by atoms with Crippen LogP contribution in [-0.2, 0) is 19.5 Å². The Morgan fingerprint density at radius 1 is 1.18 bits per heavy atom. The largest absolute Gasteiger partial charge is 0.359 e. The minimum atomic E-state index is -0.606. The fraction of sp³-hybridized carbons (Fsp3) is 0.429. The van der Waals surface area contributed by atoms with Gasteiger partial charge < -0.3 is 9.84 Å². The van der Waals surface area contributed by atoms with E-state index in [4.69, 9.17) is 4.52 Å². The van der Waals surface area contributed by atoms with Gasteiger partial charge in [-0.05, 0) is 0 Å². The van der Waals surface area contributed by atoms with Gasteiger partial charge in [-0.1, -0.05) is 25.9 Å². The molecule has 0 saturated heterocycles. The lowest BCUT2D eigenvalue weighted by molar-refractivity contribution is 0.101. The van der Waals surface area contributed by atoms with Gasteiger partial charge in [-0.2, -0.15) is 0 Å². The van der Waals surface area contributed by atoms with E-state index < -0.39 is 17.2 Å². The Bertz CT molecular complexity index is 836. The van der Waals surface area contributed by atoms with Crippen molar-refractivity contribution < 1.29 is 9.32 Å². The molecule has 0 saturated carbocycles. The van der Waals surface area contributed by atoms with E-state index in [0.29, 0.717) is 5.76 Å². The molecule has 1 amide bonds. The average Bonchev–Trinajstić information content (AvgIpc) is 2.89. The average molecular weight is 306 g/mol. The first-order chi connectivity index (χ1) is 10.1. The minimum absolute atomic E-state index is 0.0478. The second-order valence-corrected chi connectivity index (χ2v) is 6.05. The van der Waals surface area contributed by atoms with Crippen molar-refractivity contribution in [2.75, 3.05) is 5.32 Å². The third kappa shape index (κ3) is 2.85. The topological polar surface area (TPSA) is 99.1 Å². The van der Waals surface area contributed by atoms with Crippen molar-refractivity contribution in [3.8, 4) is 0 Å². The molecule has 22 heavy (non-hydrogen) atoms. The molecular formula is C14H18N4O4. The molecule has 2 rings (SSSR count). The van der Waals surface area contributed by atoms with E-state index in [1.165, 1.54) is 14.1 Å². The molecule has 0 spiro atoms. The number of carbonyl (C=O) groups is 1. The van der Waals surface area contributed by atoms with Gasteiger partial charge in [-0.15, -0.1) is 0 Å². The Kier molecular flexibility index (Phi) is 3.78. The monoisotopic (exact) mass is 306 g/mol. The summed E-state index contributed by atoms with van der Waals surface area (Å²) in [6.45, 7) is 5.84. The summed E-state index contributed by atoms with van der Waals surface area (Å²) in [6.07, 6.45) is 0. The zero-order valence-electron chi connectivity index (χ0n) is 13.1. The second-order valence-electron chi connectivity index (χ2n) is 6.05. The first kappa shape index (κ1) is 15.7. The lowest BCUT2D eigenvalue weighted by atomic mass is 9.93. The van der Waals surface area contributed by atoms with Gasteiger partial charge in [0.25, 0.3) is 11.5 Å². The predicted molar refractivity (Wildman–Crippen MR) is 80.1 cm³/mol. The van der Waals surface area contributed by atoms with E-state index in [2.05, 4.69) is 10.5 Å². The van der Waals surface area contributed by atoms with Gasteiger partial charge in [0.1, 0.15) is 11.5 Å². The molecule has 0 unspecified atom stereocenters. The molecule has 0 bridgehead atoms. The number of amides is 1. The summed E-state index contributed by atoms with van der Waals surface area (Å²) in [5.41, 5.74) is -1.42. The van der Waals surface area contributed by atoms with Gasteiger partial charge in [0.15, 0.2) is 5.82 Å². The highest BCUT2D eigenvalue weighted by atomic mass is 16.5. The first-order valence-electron chi connectivity index (χ1n) is 6.67. The summed E-state index contributed by atoms with van der Waals surface area (Å²) in [6, 6.07) is 2.71. The number of anilines is 1. The molecule has 0 aliphatic heterocycles. The maximum Gasteiger partial charge on any atom is 0.331 e. The summed E-state index contributed by atoms with van der Waals surface area (Å²) < 4.78 is 7.18. The van der Waals surface area contributed by atoms with E-state index in [1.54, 1.807) is 6.07 Å². The molecule has 8 heteroatoms. The molecular weight excluding hydrogens is 288 g/mol. The Morgan fingerprint density at radius 3 is 2.36 bits per heavy atom. The fourth-order valence-corrected chi connectivity index (χ4v) is 1.82. The van der Waals surface area contributed by atoms with Crippen LogP contribution in [0.4, 0.5) is 5.82 Å². The number of hydrogen-bond donors (Lipinski definition) is 1. The molecule has 2 aromatic rings. The third-order valence-corrected chi connectivity index (χ3v) is 3.25. The minimum Gasteiger partial charge on any atom is -0.359 e. The maximum absolute atomic E-state index is 12.2. The zero-order chi connectivity index (χ0) is 16.7. The lowest BCUT2D eigenvalue weighted by Gasteiger charge is -2.12. The number of rotatable bonds is 2. The van der Waals surface area contributed by atoms with Crippen LogP contribution in [0, 0.1) is 0 Å². The lowest BCUT2D eigenvalue weighted by Crippen LogP contribution is -2.40. The van der Waals surface area contributed by atoms with Crippen LogP contribution in [0.2, 0.25) is 0 Å². The van der Waals surface area contributed by atoms with E-state index in [-0.39, 0.29) is 16.9 Å². The van der Waals surface area contributed by atoms with Gasteiger partial charge >= 0.3 is 5.69 Å². The van der Waals surface area contributed by atoms with Crippen LogP contribution in [-0.4, -0.2) is 20.2 Å².